The third-order valence-electron chi connectivity index (χ3n) is 5.28. The number of aliphatic hydroxyl groups excluding tert-OH is 1. The van der Waals surface area contributed by atoms with E-state index < -0.39 is 12.0 Å². The van der Waals surface area contributed by atoms with E-state index in [-0.39, 0.29) is 24.1 Å². The molecule has 8 heteroatoms. The number of nitrogens with zero attached hydrogens (tertiary/aromatic N) is 2. The summed E-state index contributed by atoms with van der Waals surface area (Å²) in [5.74, 6) is 1.66. The standard InChI is InChI=1S/C27H35N3O5/c1-18(2)33-12-11-26(28)29-27(32)21-13-24(34-19(3)17-31)15-25(14-21)35-23-9-7-22(8-10-23)30(4)16-20-5-6-20/h7-15,18-20,31H,5-6,16-17H2,1-4H3,(H2,28,29,32)/b12-11-. The van der Waals surface area contributed by atoms with Crippen molar-refractivity contribution in [2.24, 2.45) is 16.6 Å². The molecule has 1 atom stereocenters. The fourth-order valence-corrected chi connectivity index (χ4v) is 3.27. The molecule has 0 aromatic heterocycles. The molecule has 2 aromatic rings. The van der Waals surface area contributed by atoms with Gasteiger partial charge in [-0.05, 0) is 75.9 Å². The van der Waals surface area contributed by atoms with Crippen LogP contribution in [0.3, 0.4) is 0 Å². The number of amidine groups is 1. The summed E-state index contributed by atoms with van der Waals surface area (Å²) < 4.78 is 17.0. The quantitative estimate of drug-likeness (QED) is 0.261. The Morgan fingerprint density at radius 3 is 2.46 bits per heavy atom. The monoisotopic (exact) mass is 481 g/mol. The molecule has 1 saturated carbocycles. The van der Waals surface area contributed by atoms with Gasteiger partial charge in [0, 0.05) is 37.0 Å². The van der Waals surface area contributed by atoms with Crippen LogP contribution >= 0.6 is 0 Å². The fraction of sp³-hybridized carbons (Fsp3) is 0.407. The molecule has 1 unspecified atom stereocenters. The average Bonchev–Trinajstić information content (AvgIpc) is 3.63. The van der Waals surface area contributed by atoms with E-state index in [1.807, 2.05) is 38.1 Å². The van der Waals surface area contributed by atoms with Gasteiger partial charge in [-0.2, -0.15) is 4.99 Å². The van der Waals surface area contributed by atoms with Gasteiger partial charge in [0.25, 0.3) is 5.91 Å². The highest BCUT2D eigenvalue weighted by molar-refractivity contribution is 6.06. The second-order valence-electron chi connectivity index (χ2n) is 9.05. The molecule has 8 nitrogen and oxygen atoms in total. The van der Waals surface area contributed by atoms with Crippen LogP contribution in [0, 0.1) is 5.92 Å². The number of rotatable bonds is 12. The average molecular weight is 482 g/mol. The molecule has 0 bridgehead atoms. The Hall–Kier alpha value is -3.52. The van der Waals surface area contributed by atoms with Crippen LogP contribution < -0.4 is 20.1 Å². The zero-order valence-corrected chi connectivity index (χ0v) is 20.8. The number of aliphatic imine (C=N–C) groups is 1. The van der Waals surface area contributed by atoms with Gasteiger partial charge in [0.2, 0.25) is 0 Å². The van der Waals surface area contributed by atoms with Gasteiger partial charge in [-0.1, -0.05) is 0 Å². The molecule has 1 aliphatic rings. The maximum Gasteiger partial charge on any atom is 0.279 e. The van der Waals surface area contributed by atoms with Crippen LogP contribution in [0.25, 0.3) is 0 Å². The molecule has 188 valence electrons. The lowest BCUT2D eigenvalue weighted by Crippen LogP contribution is -2.19. The predicted molar refractivity (Wildman–Crippen MR) is 137 cm³/mol. The SMILES string of the molecule is CC(C)O/C=C\C(N)=NC(=O)c1cc(Oc2ccc(N(C)CC3CC3)cc2)cc(OC(C)CO)c1. The summed E-state index contributed by atoms with van der Waals surface area (Å²) in [7, 11) is 2.09. The number of anilines is 1. The lowest BCUT2D eigenvalue weighted by molar-refractivity contribution is 0.100. The van der Waals surface area contributed by atoms with Crippen LogP contribution in [-0.4, -0.2) is 49.3 Å². The van der Waals surface area contributed by atoms with Crippen molar-refractivity contribution in [3.8, 4) is 17.2 Å². The topological polar surface area (TPSA) is 107 Å². The van der Waals surface area contributed by atoms with E-state index in [1.54, 1.807) is 25.1 Å². The summed E-state index contributed by atoms with van der Waals surface area (Å²) in [6.45, 7) is 6.36. The third-order valence-corrected chi connectivity index (χ3v) is 5.28. The van der Waals surface area contributed by atoms with E-state index in [4.69, 9.17) is 19.9 Å². The van der Waals surface area contributed by atoms with Crippen molar-refractivity contribution in [3.05, 3.63) is 60.4 Å². The van der Waals surface area contributed by atoms with Crippen LogP contribution in [-0.2, 0) is 4.74 Å². The molecule has 3 N–H and O–H groups in total. The zero-order chi connectivity index (χ0) is 25.4. The summed E-state index contributed by atoms with van der Waals surface area (Å²) in [5.41, 5.74) is 7.19. The Balaban J connectivity index is 1.78. The van der Waals surface area contributed by atoms with E-state index in [1.165, 1.54) is 25.2 Å². The first-order chi connectivity index (χ1) is 16.7. The van der Waals surface area contributed by atoms with E-state index in [0.29, 0.717) is 17.2 Å². The molecule has 1 fully saturated rings. The number of carbonyl (C=O) groups is 1. The van der Waals surface area contributed by atoms with Crippen molar-refractivity contribution in [2.45, 2.75) is 45.8 Å². The predicted octanol–water partition coefficient (Wildman–Crippen LogP) is 4.52. The lowest BCUT2D eigenvalue weighted by Gasteiger charge is -2.19. The van der Waals surface area contributed by atoms with Crippen LogP contribution in [0.1, 0.15) is 44.0 Å². The Labute approximate surface area is 207 Å². The Kier molecular flexibility index (Phi) is 9.14. The molecule has 0 radical (unpaired) electrons. The summed E-state index contributed by atoms with van der Waals surface area (Å²) >= 11 is 0. The minimum absolute atomic E-state index is 0.00975. The van der Waals surface area contributed by atoms with E-state index in [2.05, 4.69) is 16.9 Å². The maximum atomic E-state index is 12.8. The molecule has 0 heterocycles. The third kappa shape index (κ3) is 8.64. The van der Waals surface area contributed by atoms with Gasteiger partial charge in [-0.15, -0.1) is 0 Å². The summed E-state index contributed by atoms with van der Waals surface area (Å²) in [5, 5.41) is 9.36. The zero-order valence-electron chi connectivity index (χ0n) is 20.8. The van der Waals surface area contributed by atoms with E-state index in [0.717, 1.165) is 18.2 Å². The first kappa shape index (κ1) is 26.1. The number of aliphatic hydroxyl groups is 1. The highest BCUT2D eigenvalue weighted by Crippen LogP contribution is 2.32. The smallest absolute Gasteiger partial charge is 0.279 e. The van der Waals surface area contributed by atoms with Gasteiger partial charge < -0.3 is 30.0 Å². The first-order valence-electron chi connectivity index (χ1n) is 11.9. The molecular formula is C27H35N3O5. The van der Waals surface area contributed by atoms with Crippen LogP contribution in [0.4, 0.5) is 5.69 Å². The molecular weight excluding hydrogens is 446 g/mol. The maximum absolute atomic E-state index is 12.8. The second kappa shape index (κ2) is 12.3. The molecule has 35 heavy (non-hydrogen) atoms. The molecule has 0 aliphatic heterocycles. The van der Waals surface area contributed by atoms with Gasteiger partial charge in [0.15, 0.2) is 0 Å². The van der Waals surface area contributed by atoms with Crippen molar-refractivity contribution < 1.29 is 24.1 Å². The van der Waals surface area contributed by atoms with Crippen LogP contribution in [0.5, 0.6) is 17.2 Å². The van der Waals surface area contributed by atoms with Crippen molar-refractivity contribution in [3.63, 3.8) is 0 Å². The summed E-state index contributed by atoms with van der Waals surface area (Å²) in [6, 6.07) is 12.6. The minimum Gasteiger partial charge on any atom is -0.498 e. The summed E-state index contributed by atoms with van der Waals surface area (Å²) in [6.07, 6.45) is 4.96. The van der Waals surface area contributed by atoms with E-state index >= 15 is 0 Å². The van der Waals surface area contributed by atoms with Gasteiger partial charge in [0.1, 0.15) is 29.2 Å². The van der Waals surface area contributed by atoms with Gasteiger partial charge >= 0.3 is 0 Å². The van der Waals surface area contributed by atoms with Gasteiger partial charge in [0.05, 0.1) is 19.0 Å². The number of benzene rings is 2. The number of hydrogen-bond donors (Lipinski definition) is 2. The van der Waals surface area contributed by atoms with E-state index in [9.17, 15) is 9.90 Å². The summed E-state index contributed by atoms with van der Waals surface area (Å²) in [4.78, 5) is 18.9. The number of carbonyl (C=O) groups excluding carboxylic acids is 1. The molecule has 1 amide bonds. The molecule has 0 spiro atoms. The number of amides is 1. The highest BCUT2D eigenvalue weighted by Gasteiger charge is 2.23. The lowest BCUT2D eigenvalue weighted by atomic mass is 10.2. The highest BCUT2D eigenvalue weighted by atomic mass is 16.5. The van der Waals surface area contributed by atoms with Crippen molar-refractivity contribution in [1.29, 1.82) is 0 Å². The second-order valence-corrected chi connectivity index (χ2v) is 9.05. The minimum atomic E-state index is -0.555. The van der Waals surface area contributed by atoms with Crippen molar-refractivity contribution in [1.82, 2.24) is 0 Å². The number of hydrogen-bond acceptors (Lipinski definition) is 6. The largest absolute Gasteiger partial charge is 0.498 e. The first-order valence-corrected chi connectivity index (χ1v) is 11.9. The van der Waals surface area contributed by atoms with Crippen molar-refractivity contribution >= 4 is 17.4 Å². The van der Waals surface area contributed by atoms with Crippen LogP contribution in [0.2, 0.25) is 0 Å². The number of nitrogens with two attached hydrogens (primary N) is 1. The van der Waals surface area contributed by atoms with Gasteiger partial charge in [-0.25, -0.2) is 0 Å². The Morgan fingerprint density at radius 2 is 1.83 bits per heavy atom. The van der Waals surface area contributed by atoms with Gasteiger partial charge in [-0.3, -0.25) is 4.79 Å². The molecule has 1 aliphatic carbocycles. The number of ether oxygens (including phenoxy) is 3. The Morgan fingerprint density at radius 1 is 1.14 bits per heavy atom. The fourth-order valence-electron chi connectivity index (χ4n) is 3.27. The molecule has 3 rings (SSSR count). The Bertz CT molecular complexity index is 1050. The molecule has 2 aromatic carbocycles. The molecule has 0 saturated heterocycles. The van der Waals surface area contributed by atoms with Crippen LogP contribution in [0.15, 0.2) is 59.8 Å². The normalized spacial score (nSPS) is 14.7. The van der Waals surface area contributed by atoms with Crippen molar-refractivity contribution in [2.75, 3.05) is 25.1 Å².